The number of aromatic nitrogens is 2. The number of fused-ring (bicyclic) bond motifs is 1. The molecule has 0 saturated carbocycles. The van der Waals surface area contributed by atoms with Gasteiger partial charge in [-0.15, -0.1) is 0 Å². The fourth-order valence-electron chi connectivity index (χ4n) is 3.31. The molecule has 1 aliphatic rings. The largest absolute Gasteiger partial charge is 0.497 e. The van der Waals surface area contributed by atoms with Crippen LogP contribution in [-0.4, -0.2) is 31.4 Å². The zero-order valence-corrected chi connectivity index (χ0v) is 17.8. The Morgan fingerprint density at radius 1 is 1.03 bits per heavy atom. The summed E-state index contributed by atoms with van der Waals surface area (Å²) < 4.78 is 8.91. The van der Waals surface area contributed by atoms with Crippen molar-refractivity contribution in [1.82, 2.24) is 14.0 Å². The molecule has 1 aliphatic heterocycles. The molecule has 0 N–H and O–H groups in total. The molecular weight excluding hydrogens is 406 g/mol. The standard InChI is InChI=1S/C21H19N3O3S2/c1-22-16-9-6-14(10-17(16)23(2)20(22)26)11-18-19(25)24(21(28)29-18)12-13-4-7-15(27-3)8-5-13/h4-11H,12H2,1-3H3. The third-order valence-corrected chi connectivity index (χ3v) is 6.34. The minimum atomic E-state index is -0.113. The SMILES string of the molecule is COc1ccc(CN2C(=O)C(=Cc3ccc4c(c3)n(C)c(=O)n4C)SC2=S)cc1. The van der Waals surface area contributed by atoms with Crippen LogP contribution in [0.25, 0.3) is 17.1 Å². The van der Waals surface area contributed by atoms with Gasteiger partial charge in [0.05, 0.1) is 29.6 Å². The summed E-state index contributed by atoms with van der Waals surface area (Å²) >= 11 is 6.72. The smallest absolute Gasteiger partial charge is 0.328 e. The minimum Gasteiger partial charge on any atom is -0.497 e. The average Bonchev–Trinajstić information content (AvgIpc) is 3.11. The number of carbonyl (C=O) groups excluding carboxylic acids is 1. The molecule has 0 radical (unpaired) electrons. The molecule has 2 heterocycles. The Labute approximate surface area is 177 Å². The molecule has 1 aromatic heterocycles. The highest BCUT2D eigenvalue weighted by molar-refractivity contribution is 8.26. The predicted molar refractivity (Wildman–Crippen MR) is 120 cm³/mol. The van der Waals surface area contributed by atoms with E-state index in [0.717, 1.165) is 27.9 Å². The first-order valence-electron chi connectivity index (χ1n) is 8.93. The maximum atomic E-state index is 12.9. The van der Waals surface area contributed by atoms with Gasteiger partial charge in [0, 0.05) is 14.1 Å². The Kier molecular flexibility index (Phi) is 5.06. The highest BCUT2D eigenvalue weighted by Gasteiger charge is 2.32. The zero-order valence-electron chi connectivity index (χ0n) is 16.2. The molecule has 148 valence electrons. The van der Waals surface area contributed by atoms with Crippen LogP contribution in [0.15, 0.2) is 52.2 Å². The van der Waals surface area contributed by atoms with Crippen molar-refractivity contribution >= 4 is 51.3 Å². The average molecular weight is 426 g/mol. The van der Waals surface area contributed by atoms with E-state index in [0.29, 0.717) is 15.8 Å². The number of amides is 1. The Morgan fingerprint density at radius 3 is 2.41 bits per heavy atom. The molecule has 1 amide bonds. The number of nitrogens with zero attached hydrogens (tertiary/aromatic N) is 3. The molecule has 29 heavy (non-hydrogen) atoms. The summed E-state index contributed by atoms with van der Waals surface area (Å²) in [6, 6.07) is 13.3. The van der Waals surface area contributed by atoms with Gasteiger partial charge in [-0.3, -0.25) is 18.8 Å². The Hall–Kier alpha value is -2.84. The quantitative estimate of drug-likeness (QED) is 0.474. The number of benzene rings is 2. The van der Waals surface area contributed by atoms with E-state index in [4.69, 9.17) is 17.0 Å². The van der Waals surface area contributed by atoms with Crippen LogP contribution in [-0.2, 0) is 25.4 Å². The van der Waals surface area contributed by atoms with Crippen LogP contribution >= 0.6 is 24.0 Å². The third kappa shape index (κ3) is 3.49. The van der Waals surface area contributed by atoms with E-state index in [2.05, 4.69) is 0 Å². The second-order valence-corrected chi connectivity index (χ2v) is 8.44. The molecule has 8 heteroatoms. The first kappa shape index (κ1) is 19.5. The third-order valence-electron chi connectivity index (χ3n) is 4.97. The normalized spacial score (nSPS) is 15.7. The predicted octanol–water partition coefficient (Wildman–Crippen LogP) is 3.29. The van der Waals surface area contributed by atoms with Crippen LogP contribution < -0.4 is 10.4 Å². The van der Waals surface area contributed by atoms with Gasteiger partial charge in [0.2, 0.25) is 0 Å². The number of hydrogen-bond donors (Lipinski definition) is 0. The van der Waals surface area contributed by atoms with E-state index in [1.807, 2.05) is 48.5 Å². The van der Waals surface area contributed by atoms with Crippen molar-refractivity contribution < 1.29 is 9.53 Å². The van der Waals surface area contributed by atoms with Crippen molar-refractivity contribution in [3.63, 3.8) is 0 Å². The Bertz CT molecular complexity index is 1220. The molecule has 0 atom stereocenters. The van der Waals surface area contributed by atoms with Crippen LogP contribution in [0.4, 0.5) is 0 Å². The second kappa shape index (κ2) is 7.53. The number of thioether (sulfide) groups is 1. The van der Waals surface area contributed by atoms with Gasteiger partial charge in [-0.1, -0.05) is 42.2 Å². The summed E-state index contributed by atoms with van der Waals surface area (Å²) in [5, 5.41) is 0. The lowest BCUT2D eigenvalue weighted by Gasteiger charge is -2.14. The number of aryl methyl sites for hydroxylation is 2. The maximum absolute atomic E-state index is 12.9. The number of ether oxygens (including phenoxy) is 1. The maximum Gasteiger partial charge on any atom is 0.328 e. The van der Waals surface area contributed by atoms with Crippen LogP contribution in [0, 0.1) is 0 Å². The first-order chi connectivity index (χ1) is 13.9. The highest BCUT2D eigenvalue weighted by Crippen LogP contribution is 2.34. The lowest BCUT2D eigenvalue weighted by Crippen LogP contribution is -2.27. The van der Waals surface area contributed by atoms with Crippen LogP contribution in [0.1, 0.15) is 11.1 Å². The Balaban J connectivity index is 1.60. The van der Waals surface area contributed by atoms with E-state index in [1.54, 1.807) is 35.2 Å². The highest BCUT2D eigenvalue weighted by atomic mass is 32.2. The van der Waals surface area contributed by atoms with E-state index >= 15 is 0 Å². The Morgan fingerprint density at radius 2 is 1.72 bits per heavy atom. The summed E-state index contributed by atoms with van der Waals surface area (Å²) in [6.07, 6.45) is 1.82. The second-order valence-electron chi connectivity index (χ2n) is 6.76. The topological polar surface area (TPSA) is 56.5 Å². The van der Waals surface area contributed by atoms with Gasteiger partial charge in [-0.25, -0.2) is 4.79 Å². The molecule has 3 aromatic rings. The summed E-state index contributed by atoms with van der Waals surface area (Å²) in [7, 11) is 5.10. The minimum absolute atomic E-state index is 0.0806. The monoisotopic (exact) mass is 425 g/mol. The van der Waals surface area contributed by atoms with Gasteiger partial charge in [-0.05, 0) is 41.5 Å². The van der Waals surface area contributed by atoms with Crippen molar-refractivity contribution in [3.05, 3.63) is 69.0 Å². The summed E-state index contributed by atoms with van der Waals surface area (Å²) in [5.74, 6) is 0.655. The molecule has 0 aliphatic carbocycles. The molecule has 0 bridgehead atoms. The number of rotatable bonds is 4. The fraction of sp³-hybridized carbons (Fsp3) is 0.190. The first-order valence-corrected chi connectivity index (χ1v) is 10.2. The van der Waals surface area contributed by atoms with Crippen molar-refractivity contribution in [2.75, 3.05) is 7.11 Å². The fourth-order valence-corrected chi connectivity index (χ4v) is 4.57. The van der Waals surface area contributed by atoms with Gasteiger partial charge in [0.1, 0.15) is 10.1 Å². The lowest BCUT2D eigenvalue weighted by molar-refractivity contribution is -0.122. The van der Waals surface area contributed by atoms with Crippen molar-refractivity contribution in [1.29, 1.82) is 0 Å². The number of imidazole rings is 1. The zero-order chi connectivity index (χ0) is 20.7. The van der Waals surface area contributed by atoms with E-state index in [9.17, 15) is 9.59 Å². The van der Waals surface area contributed by atoms with Crippen LogP contribution in [0.5, 0.6) is 5.75 Å². The summed E-state index contributed by atoms with van der Waals surface area (Å²) in [6.45, 7) is 0.415. The van der Waals surface area contributed by atoms with E-state index in [-0.39, 0.29) is 11.6 Å². The molecule has 4 rings (SSSR count). The number of methoxy groups -OCH3 is 1. The summed E-state index contributed by atoms with van der Waals surface area (Å²) in [4.78, 5) is 27.2. The molecule has 0 unspecified atom stereocenters. The number of carbonyl (C=O) groups is 1. The van der Waals surface area contributed by atoms with Gasteiger partial charge < -0.3 is 4.74 Å². The van der Waals surface area contributed by atoms with Gasteiger partial charge in [0.15, 0.2) is 0 Å². The van der Waals surface area contributed by atoms with Gasteiger partial charge in [0.25, 0.3) is 5.91 Å². The summed E-state index contributed by atoms with van der Waals surface area (Å²) in [5.41, 5.74) is 3.41. The van der Waals surface area contributed by atoms with Gasteiger partial charge >= 0.3 is 5.69 Å². The van der Waals surface area contributed by atoms with E-state index in [1.165, 1.54) is 11.8 Å². The molecular formula is C21H19N3O3S2. The van der Waals surface area contributed by atoms with Crippen molar-refractivity contribution in [2.45, 2.75) is 6.54 Å². The molecule has 0 spiro atoms. The van der Waals surface area contributed by atoms with Crippen molar-refractivity contribution in [2.24, 2.45) is 14.1 Å². The molecule has 1 saturated heterocycles. The number of hydrogen-bond acceptors (Lipinski definition) is 5. The lowest BCUT2D eigenvalue weighted by atomic mass is 10.1. The number of thiocarbonyl (C=S) groups is 1. The van der Waals surface area contributed by atoms with Crippen molar-refractivity contribution in [3.8, 4) is 5.75 Å². The van der Waals surface area contributed by atoms with E-state index < -0.39 is 0 Å². The van der Waals surface area contributed by atoms with Crippen LogP contribution in [0.2, 0.25) is 0 Å². The molecule has 2 aromatic carbocycles. The van der Waals surface area contributed by atoms with Crippen LogP contribution in [0.3, 0.4) is 0 Å². The molecule has 1 fully saturated rings. The van der Waals surface area contributed by atoms with Gasteiger partial charge in [-0.2, -0.15) is 0 Å². The molecule has 6 nitrogen and oxygen atoms in total.